The van der Waals surface area contributed by atoms with Crippen LogP contribution >= 0.6 is 0 Å². The average molecular weight is 142 g/mol. The van der Waals surface area contributed by atoms with Gasteiger partial charge in [0, 0.05) is 6.61 Å². The van der Waals surface area contributed by atoms with Crippen LogP contribution in [-0.4, -0.2) is 13.2 Å². The van der Waals surface area contributed by atoms with Gasteiger partial charge in [-0.1, -0.05) is 20.8 Å². The Morgan fingerprint density at radius 1 is 1.50 bits per heavy atom. The zero-order valence-electron chi connectivity index (χ0n) is 7.31. The maximum atomic E-state index is 5.41. The Labute approximate surface area is 63.8 Å². The van der Waals surface area contributed by atoms with E-state index in [2.05, 4.69) is 20.8 Å². The van der Waals surface area contributed by atoms with Crippen LogP contribution in [0, 0.1) is 11.3 Å². The summed E-state index contributed by atoms with van der Waals surface area (Å²) >= 11 is 0. The van der Waals surface area contributed by atoms with Gasteiger partial charge in [-0.2, -0.15) is 0 Å². The number of hydrogen-bond acceptors (Lipinski definition) is 1. The van der Waals surface area contributed by atoms with E-state index in [0.29, 0.717) is 5.41 Å². The summed E-state index contributed by atoms with van der Waals surface area (Å²) in [6, 6.07) is 0. The Morgan fingerprint density at radius 3 is 2.40 bits per heavy atom. The van der Waals surface area contributed by atoms with E-state index in [0.717, 1.165) is 19.1 Å². The van der Waals surface area contributed by atoms with E-state index in [9.17, 15) is 0 Å². The van der Waals surface area contributed by atoms with E-state index in [1.165, 1.54) is 12.8 Å². The standard InChI is InChI=1S/C9H18O/c1-4-9(8(2)3)5-6-10-7-9/h8H,4-7H2,1-3H3. The van der Waals surface area contributed by atoms with Gasteiger partial charge >= 0.3 is 0 Å². The molecule has 0 aromatic heterocycles. The van der Waals surface area contributed by atoms with E-state index in [-0.39, 0.29) is 0 Å². The lowest BCUT2D eigenvalue weighted by Gasteiger charge is -2.30. The highest BCUT2D eigenvalue weighted by Crippen LogP contribution is 2.39. The molecule has 1 saturated heterocycles. The van der Waals surface area contributed by atoms with Crippen molar-refractivity contribution in [3.8, 4) is 0 Å². The second kappa shape index (κ2) is 2.91. The van der Waals surface area contributed by atoms with Gasteiger partial charge in [0.05, 0.1) is 6.61 Å². The molecule has 1 nitrogen and oxygen atoms in total. The summed E-state index contributed by atoms with van der Waals surface area (Å²) < 4.78 is 5.41. The van der Waals surface area contributed by atoms with Gasteiger partial charge < -0.3 is 4.74 Å². The minimum atomic E-state index is 0.514. The first-order chi connectivity index (χ1) is 4.71. The molecule has 0 amide bonds. The lowest BCUT2D eigenvalue weighted by atomic mass is 9.75. The highest BCUT2D eigenvalue weighted by atomic mass is 16.5. The van der Waals surface area contributed by atoms with Crippen LogP contribution in [0.1, 0.15) is 33.6 Å². The van der Waals surface area contributed by atoms with Crippen LogP contribution in [0.2, 0.25) is 0 Å². The maximum Gasteiger partial charge on any atom is 0.0525 e. The summed E-state index contributed by atoms with van der Waals surface area (Å²) in [5.41, 5.74) is 0.514. The highest BCUT2D eigenvalue weighted by molar-refractivity contribution is 4.84. The second-order valence-corrected chi connectivity index (χ2v) is 3.67. The van der Waals surface area contributed by atoms with Crippen LogP contribution in [-0.2, 0) is 4.74 Å². The highest BCUT2D eigenvalue weighted by Gasteiger charge is 2.35. The molecule has 0 N–H and O–H groups in total. The first-order valence-electron chi connectivity index (χ1n) is 4.29. The van der Waals surface area contributed by atoms with Crippen molar-refractivity contribution in [3.63, 3.8) is 0 Å². The molecule has 0 spiro atoms. The van der Waals surface area contributed by atoms with Gasteiger partial charge in [0.15, 0.2) is 0 Å². The second-order valence-electron chi connectivity index (χ2n) is 3.67. The van der Waals surface area contributed by atoms with Crippen molar-refractivity contribution >= 4 is 0 Å². The van der Waals surface area contributed by atoms with Crippen molar-refractivity contribution in [2.24, 2.45) is 11.3 Å². The van der Waals surface area contributed by atoms with Crippen LogP contribution in [0.4, 0.5) is 0 Å². The summed E-state index contributed by atoms with van der Waals surface area (Å²) in [6.07, 6.45) is 2.53. The van der Waals surface area contributed by atoms with Gasteiger partial charge in [-0.25, -0.2) is 0 Å². The van der Waals surface area contributed by atoms with Crippen LogP contribution in [0.5, 0.6) is 0 Å². The van der Waals surface area contributed by atoms with Gasteiger partial charge in [0.2, 0.25) is 0 Å². The fourth-order valence-corrected chi connectivity index (χ4v) is 1.77. The molecule has 1 aliphatic heterocycles. The summed E-state index contributed by atoms with van der Waals surface area (Å²) in [7, 11) is 0. The molecule has 1 heteroatoms. The van der Waals surface area contributed by atoms with E-state index in [1.54, 1.807) is 0 Å². The summed E-state index contributed by atoms with van der Waals surface area (Å²) in [5, 5.41) is 0. The molecule has 0 radical (unpaired) electrons. The van der Waals surface area contributed by atoms with Crippen molar-refractivity contribution in [3.05, 3.63) is 0 Å². The quantitative estimate of drug-likeness (QED) is 0.575. The fraction of sp³-hybridized carbons (Fsp3) is 1.00. The lowest BCUT2D eigenvalue weighted by molar-refractivity contribution is 0.116. The zero-order chi connectivity index (χ0) is 7.61. The topological polar surface area (TPSA) is 9.23 Å². The summed E-state index contributed by atoms with van der Waals surface area (Å²) in [4.78, 5) is 0. The molecule has 0 aliphatic carbocycles. The van der Waals surface area contributed by atoms with Crippen molar-refractivity contribution in [1.29, 1.82) is 0 Å². The van der Waals surface area contributed by atoms with E-state index in [1.807, 2.05) is 0 Å². The van der Waals surface area contributed by atoms with Gasteiger partial charge in [-0.15, -0.1) is 0 Å². The fourth-order valence-electron chi connectivity index (χ4n) is 1.77. The molecule has 1 rings (SSSR count). The first-order valence-corrected chi connectivity index (χ1v) is 4.29. The Balaban J connectivity index is 2.58. The third-order valence-electron chi connectivity index (χ3n) is 3.06. The number of ether oxygens (including phenoxy) is 1. The largest absolute Gasteiger partial charge is 0.381 e. The Morgan fingerprint density at radius 2 is 2.20 bits per heavy atom. The van der Waals surface area contributed by atoms with E-state index >= 15 is 0 Å². The molecule has 0 aromatic rings. The molecular formula is C9H18O. The average Bonchev–Trinajstić information content (AvgIpc) is 2.35. The molecule has 1 heterocycles. The predicted molar refractivity (Wildman–Crippen MR) is 43.0 cm³/mol. The Bertz CT molecular complexity index is 101. The molecular weight excluding hydrogens is 124 g/mol. The molecule has 1 unspecified atom stereocenters. The third-order valence-corrected chi connectivity index (χ3v) is 3.06. The molecule has 0 bridgehead atoms. The molecule has 1 fully saturated rings. The van der Waals surface area contributed by atoms with E-state index < -0.39 is 0 Å². The van der Waals surface area contributed by atoms with Crippen molar-refractivity contribution in [2.75, 3.05) is 13.2 Å². The van der Waals surface area contributed by atoms with Crippen LogP contribution in [0.15, 0.2) is 0 Å². The molecule has 1 aliphatic rings. The molecule has 60 valence electrons. The van der Waals surface area contributed by atoms with Gasteiger partial charge in [0.1, 0.15) is 0 Å². The Hall–Kier alpha value is -0.0400. The normalized spacial score (nSPS) is 33.6. The number of hydrogen-bond donors (Lipinski definition) is 0. The van der Waals surface area contributed by atoms with Crippen molar-refractivity contribution in [1.82, 2.24) is 0 Å². The molecule has 10 heavy (non-hydrogen) atoms. The van der Waals surface area contributed by atoms with Crippen molar-refractivity contribution < 1.29 is 4.74 Å². The Kier molecular flexibility index (Phi) is 2.35. The van der Waals surface area contributed by atoms with Gasteiger partial charge in [-0.3, -0.25) is 0 Å². The van der Waals surface area contributed by atoms with Gasteiger partial charge in [0.25, 0.3) is 0 Å². The number of rotatable bonds is 2. The molecule has 0 saturated carbocycles. The maximum absolute atomic E-state index is 5.41. The third kappa shape index (κ3) is 1.20. The monoisotopic (exact) mass is 142 g/mol. The smallest absolute Gasteiger partial charge is 0.0525 e. The van der Waals surface area contributed by atoms with Crippen molar-refractivity contribution in [2.45, 2.75) is 33.6 Å². The van der Waals surface area contributed by atoms with Crippen LogP contribution in [0.3, 0.4) is 0 Å². The minimum Gasteiger partial charge on any atom is -0.381 e. The SMILES string of the molecule is CCC1(C(C)C)CCOC1. The first kappa shape index (κ1) is 8.06. The van der Waals surface area contributed by atoms with Crippen LogP contribution < -0.4 is 0 Å². The predicted octanol–water partition coefficient (Wildman–Crippen LogP) is 2.46. The zero-order valence-corrected chi connectivity index (χ0v) is 7.31. The summed E-state index contributed by atoms with van der Waals surface area (Å²) in [5.74, 6) is 0.778. The summed E-state index contributed by atoms with van der Waals surface area (Å²) in [6.45, 7) is 8.85. The lowest BCUT2D eigenvalue weighted by Crippen LogP contribution is -2.26. The molecule has 1 atom stereocenters. The van der Waals surface area contributed by atoms with Crippen LogP contribution in [0.25, 0.3) is 0 Å². The minimum absolute atomic E-state index is 0.514. The molecule has 0 aromatic carbocycles. The van der Waals surface area contributed by atoms with E-state index in [4.69, 9.17) is 4.74 Å². The van der Waals surface area contributed by atoms with Gasteiger partial charge in [-0.05, 0) is 24.2 Å².